The van der Waals surface area contributed by atoms with Crippen LogP contribution in [-0.2, 0) is 9.05 Å². The Hall–Kier alpha value is -0.780. The average molecular weight is 322 g/mol. The van der Waals surface area contributed by atoms with Crippen LogP contribution in [0.1, 0.15) is 35.7 Å². The molecule has 7 heteroatoms. The number of halogens is 2. The van der Waals surface area contributed by atoms with E-state index in [9.17, 15) is 13.2 Å². The van der Waals surface area contributed by atoms with Gasteiger partial charge >= 0.3 is 0 Å². The lowest BCUT2D eigenvalue weighted by Gasteiger charge is -2.14. The molecule has 0 unspecified atom stereocenters. The van der Waals surface area contributed by atoms with Crippen molar-refractivity contribution in [2.45, 2.75) is 37.1 Å². The van der Waals surface area contributed by atoms with Gasteiger partial charge in [-0.25, -0.2) is 8.42 Å². The zero-order valence-electron chi connectivity index (χ0n) is 10.5. The minimum Gasteiger partial charge on any atom is -0.347 e. The van der Waals surface area contributed by atoms with E-state index < -0.39 is 9.05 Å². The lowest BCUT2D eigenvalue weighted by Crippen LogP contribution is -2.34. The molecule has 1 fully saturated rings. The van der Waals surface area contributed by atoms with Gasteiger partial charge in [-0.05, 0) is 44.4 Å². The van der Waals surface area contributed by atoms with Crippen LogP contribution in [-0.4, -0.2) is 19.9 Å². The molecule has 1 amide bonds. The summed E-state index contributed by atoms with van der Waals surface area (Å²) in [6.07, 6.45) is 1.83. The van der Waals surface area contributed by atoms with Crippen molar-refractivity contribution < 1.29 is 13.2 Å². The SMILES string of the molecule is Cc1c(C(=O)NC2(C)CC2)cc(Cl)cc1S(=O)(=O)Cl. The zero-order valence-corrected chi connectivity index (χ0v) is 12.8. The molecule has 0 aliphatic heterocycles. The third-order valence-electron chi connectivity index (χ3n) is 3.25. The second kappa shape index (κ2) is 4.65. The van der Waals surface area contributed by atoms with E-state index in [0.29, 0.717) is 5.56 Å². The van der Waals surface area contributed by atoms with Crippen molar-refractivity contribution in [3.05, 3.63) is 28.3 Å². The summed E-state index contributed by atoms with van der Waals surface area (Å²) in [5, 5.41) is 3.02. The van der Waals surface area contributed by atoms with Crippen molar-refractivity contribution in [1.29, 1.82) is 0 Å². The molecule has 1 aliphatic carbocycles. The second-order valence-electron chi connectivity index (χ2n) is 5.03. The minimum absolute atomic E-state index is 0.132. The molecule has 0 aromatic heterocycles. The normalized spacial score (nSPS) is 17.1. The van der Waals surface area contributed by atoms with Gasteiger partial charge in [0.1, 0.15) is 0 Å². The lowest BCUT2D eigenvalue weighted by atomic mass is 10.1. The molecule has 0 bridgehead atoms. The van der Waals surface area contributed by atoms with Gasteiger partial charge in [0.2, 0.25) is 0 Å². The van der Waals surface area contributed by atoms with E-state index >= 15 is 0 Å². The third-order valence-corrected chi connectivity index (χ3v) is 4.91. The summed E-state index contributed by atoms with van der Waals surface area (Å²) in [4.78, 5) is 12.0. The van der Waals surface area contributed by atoms with Gasteiger partial charge in [0.05, 0.1) is 4.90 Å². The molecule has 0 saturated heterocycles. The maximum absolute atomic E-state index is 12.1. The highest BCUT2D eigenvalue weighted by Gasteiger charge is 2.39. The molecule has 1 aliphatic rings. The molecule has 104 valence electrons. The third kappa shape index (κ3) is 3.22. The topological polar surface area (TPSA) is 63.2 Å². The molecule has 0 heterocycles. The maximum Gasteiger partial charge on any atom is 0.261 e. The van der Waals surface area contributed by atoms with Gasteiger partial charge in [-0.15, -0.1) is 0 Å². The van der Waals surface area contributed by atoms with Crippen LogP contribution in [0.5, 0.6) is 0 Å². The van der Waals surface area contributed by atoms with Crippen LogP contribution in [0, 0.1) is 6.92 Å². The lowest BCUT2D eigenvalue weighted by molar-refractivity contribution is 0.0934. The number of carbonyl (C=O) groups excluding carboxylic acids is 1. The number of rotatable bonds is 3. The van der Waals surface area contributed by atoms with Gasteiger partial charge in [-0.2, -0.15) is 0 Å². The van der Waals surface area contributed by atoms with E-state index in [2.05, 4.69) is 5.32 Å². The van der Waals surface area contributed by atoms with Crippen molar-refractivity contribution in [3.63, 3.8) is 0 Å². The van der Waals surface area contributed by atoms with Crippen LogP contribution in [0.2, 0.25) is 5.02 Å². The van der Waals surface area contributed by atoms with Gasteiger partial charge in [0.25, 0.3) is 15.0 Å². The number of carbonyl (C=O) groups is 1. The fraction of sp³-hybridized carbons (Fsp3) is 0.417. The van der Waals surface area contributed by atoms with Crippen LogP contribution in [0.15, 0.2) is 17.0 Å². The highest BCUT2D eigenvalue weighted by Crippen LogP contribution is 2.35. The number of hydrogen-bond acceptors (Lipinski definition) is 3. The monoisotopic (exact) mass is 321 g/mol. The predicted molar refractivity (Wildman–Crippen MR) is 74.3 cm³/mol. The molecule has 1 aromatic carbocycles. The molecule has 0 atom stereocenters. The van der Waals surface area contributed by atoms with E-state index in [1.807, 2.05) is 6.92 Å². The first-order valence-corrected chi connectivity index (χ1v) is 8.38. The average Bonchev–Trinajstić information content (AvgIpc) is 2.97. The quantitative estimate of drug-likeness (QED) is 0.871. The summed E-state index contributed by atoms with van der Waals surface area (Å²) >= 11 is 5.86. The first-order valence-electron chi connectivity index (χ1n) is 5.70. The molecule has 2 rings (SSSR count). The largest absolute Gasteiger partial charge is 0.347 e. The van der Waals surface area contributed by atoms with Gasteiger partial charge in [-0.3, -0.25) is 4.79 Å². The van der Waals surface area contributed by atoms with Crippen LogP contribution < -0.4 is 5.32 Å². The molecule has 4 nitrogen and oxygen atoms in total. The van der Waals surface area contributed by atoms with E-state index in [1.54, 1.807) is 0 Å². The van der Waals surface area contributed by atoms with Gasteiger partial charge in [0, 0.05) is 26.8 Å². The van der Waals surface area contributed by atoms with Crippen LogP contribution in [0.25, 0.3) is 0 Å². The highest BCUT2D eigenvalue weighted by atomic mass is 35.7. The Kier molecular flexibility index (Phi) is 3.58. The standard InChI is InChI=1S/C12H13Cl2NO3S/c1-7-9(11(16)15-12(2)3-4-12)5-8(13)6-10(7)19(14,17)18/h5-6H,3-4H2,1-2H3,(H,15,16). The molecule has 1 aromatic rings. The van der Waals surface area contributed by atoms with E-state index in [4.69, 9.17) is 22.3 Å². The summed E-state index contributed by atoms with van der Waals surface area (Å²) in [5.41, 5.74) is 0.354. The molecule has 19 heavy (non-hydrogen) atoms. The number of amides is 1. The Bertz CT molecular complexity index is 651. The molecular formula is C12H13Cl2NO3S. The van der Waals surface area contributed by atoms with Crippen molar-refractivity contribution >= 4 is 37.2 Å². The summed E-state index contributed by atoms with van der Waals surface area (Å²) < 4.78 is 22.9. The summed E-state index contributed by atoms with van der Waals surface area (Å²) in [6, 6.07) is 2.69. The predicted octanol–water partition coefficient (Wildman–Crippen LogP) is 2.86. The smallest absolute Gasteiger partial charge is 0.261 e. The minimum atomic E-state index is -3.93. The Morgan fingerprint density at radius 2 is 1.95 bits per heavy atom. The molecule has 0 spiro atoms. The van der Waals surface area contributed by atoms with E-state index in [1.165, 1.54) is 19.1 Å². The summed E-state index contributed by atoms with van der Waals surface area (Å²) in [6.45, 7) is 3.47. The number of benzene rings is 1. The Labute approximate surface area is 121 Å². The van der Waals surface area contributed by atoms with Crippen molar-refractivity contribution in [2.75, 3.05) is 0 Å². The molecule has 1 N–H and O–H groups in total. The molecule has 0 radical (unpaired) electrons. The van der Waals surface area contributed by atoms with Gasteiger partial charge in [0.15, 0.2) is 0 Å². The fourth-order valence-electron chi connectivity index (χ4n) is 1.80. The number of nitrogens with one attached hydrogen (secondary N) is 1. The van der Waals surface area contributed by atoms with Crippen LogP contribution >= 0.6 is 22.3 Å². The first-order chi connectivity index (χ1) is 8.62. The van der Waals surface area contributed by atoms with Crippen molar-refractivity contribution in [2.24, 2.45) is 0 Å². The Morgan fingerprint density at radius 1 is 1.37 bits per heavy atom. The van der Waals surface area contributed by atoms with E-state index in [0.717, 1.165) is 12.8 Å². The fourth-order valence-corrected chi connectivity index (χ4v) is 3.30. The highest BCUT2D eigenvalue weighted by molar-refractivity contribution is 8.13. The maximum atomic E-state index is 12.1. The Morgan fingerprint density at radius 3 is 2.42 bits per heavy atom. The summed E-state index contributed by atoms with van der Waals surface area (Å²) in [7, 11) is 1.41. The summed E-state index contributed by atoms with van der Waals surface area (Å²) in [5.74, 6) is -0.332. The first kappa shape index (κ1) is 14.6. The van der Waals surface area contributed by atoms with E-state index in [-0.39, 0.29) is 26.9 Å². The van der Waals surface area contributed by atoms with Crippen LogP contribution in [0.4, 0.5) is 0 Å². The second-order valence-corrected chi connectivity index (χ2v) is 8.00. The van der Waals surface area contributed by atoms with Gasteiger partial charge in [-0.1, -0.05) is 11.6 Å². The van der Waals surface area contributed by atoms with Crippen molar-refractivity contribution in [3.8, 4) is 0 Å². The molecule has 1 saturated carbocycles. The van der Waals surface area contributed by atoms with Crippen LogP contribution in [0.3, 0.4) is 0 Å². The van der Waals surface area contributed by atoms with Gasteiger partial charge < -0.3 is 5.32 Å². The Balaban J connectivity index is 2.46. The zero-order chi connectivity index (χ0) is 14.4. The van der Waals surface area contributed by atoms with Crippen molar-refractivity contribution in [1.82, 2.24) is 5.32 Å². The number of hydrogen-bond donors (Lipinski definition) is 1. The molecular weight excluding hydrogens is 309 g/mol.